The molecule has 0 spiro atoms. The molecule has 0 unspecified atom stereocenters. The zero-order chi connectivity index (χ0) is 24.9. The van der Waals surface area contributed by atoms with E-state index in [1.807, 2.05) is 0 Å². The Morgan fingerprint density at radius 3 is 1.37 bits per heavy atom. The molecule has 0 aliphatic rings. The van der Waals surface area contributed by atoms with Gasteiger partial charge in [-0.3, -0.25) is 4.55 Å². The zero-order valence-corrected chi connectivity index (χ0v) is 26.2. The number of hydrogen-bond acceptors (Lipinski definition) is 2. The molecule has 0 atom stereocenters. The molecule has 0 saturated carbocycles. The fraction of sp³-hybridized carbons (Fsp3) is 0.800. The van der Waals surface area contributed by atoms with Crippen LogP contribution in [-0.4, -0.2) is 50.7 Å². The molecule has 0 aliphatic heterocycles. The Balaban J connectivity index is -0.00000385. The van der Waals surface area contributed by atoms with Gasteiger partial charge < -0.3 is 2.85 Å². The van der Waals surface area contributed by atoms with Gasteiger partial charge in [0.1, 0.15) is 0 Å². The van der Waals surface area contributed by atoms with Crippen LogP contribution in [0.5, 0.6) is 0 Å². The summed E-state index contributed by atoms with van der Waals surface area (Å²) in [4.78, 5) is 0.132. The van der Waals surface area contributed by atoms with Crippen molar-refractivity contribution in [3.05, 3.63) is 29.3 Å². The monoisotopic (exact) mass is 536 g/mol. The third-order valence-corrected chi connectivity index (χ3v) is 8.03. The summed E-state index contributed by atoms with van der Waals surface area (Å²) in [6, 6.07) is 5.42. The first-order valence-electron chi connectivity index (χ1n) is 14.6. The first-order chi connectivity index (χ1) is 16.5. The number of unbranched alkanes of at least 4 members (excludes halogenated alkanes) is 18. The summed E-state index contributed by atoms with van der Waals surface area (Å²) in [5, 5.41) is 0. The average Bonchev–Trinajstić information content (AvgIpc) is 2.81. The zero-order valence-electron chi connectivity index (χ0n) is 25.2. The maximum Gasteiger partial charge on any atom is 2.00 e. The molecule has 0 fully saturated rings. The van der Waals surface area contributed by atoms with Crippen molar-refractivity contribution in [2.24, 2.45) is 0 Å². The summed E-state index contributed by atoms with van der Waals surface area (Å²) in [5.74, 6) is 0. The van der Waals surface area contributed by atoms with E-state index in [9.17, 15) is 13.0 Å². The van der Waals surface area contributed by atoms with Gasteiger partial charge in [0.15, 0.2) is 0 Å². The quantitative estimate of drug-likeness (QED) is 0.0860. The minimum atomic E-state index is -4.17. The summed E-state index contributed by atoms with van der Waals surface area (Å²) in [6.45, 7) is 4.51. The van der Waals surface area contributed by atoms with Crippen molar-refractivity contribution in [1.82, 2.24) is 0 Å². The van der Waals surface area contributed by atoms with Crippen LogP contribution in [0.2, 0.25) is 0 Å². The van der Waals surface area contributed by atoms with Gasteiger partial charge in [-0.1, -0.05) is 142 Å². The molecule has 1 N–H and O–H groups in total. The Morgan fingerprint density at radius 1 is 0.600 bits per heavy atom. The van der Waals surface area contributed by atoms with Crippen LogP contribution in [0.3, 0.4) is 0 Å². The molecule has 5 heteroatoms. The van der Waals surface area contributed by atoms with Crippen LogP contribution in [0.25, 0.3) is 0 Å². The summed E-state index contributed by atoms with van der Waals surface area (Å²) in [6.07, 6.45) is 27.3. The molecule has 0 saturated heterocycles. The molecular formula is C30H56CaO3S. The van der Waals surface area contributed by atoms with Gasteiger partial charge in [0, 0.05) is 0 Å². The Labute approximate surface area is 251 Å². The van der Waals surface area contributed by atoms with Crippen LogP contribution in [0.4, 0.5) is 0 Å². The van der Waals surface area contributed by atoms with Crippen molar-refractivity contribution in [2.75, 3.05) is 0 Å². The van der Waals surface area contributed by atoms with Gasteiger partial charge in [0.05, 0.1) is 4.90 Å². The van der Waals surface area contributed by atoms with Gasteiger partial charge in [0.2, 0.25) is 0 Å². The fourth-order valence-electron chi connectivity index (χ4n) is 4.96. The van der Waals surface area contributed by atoms with E-state index in [1.54, 1.807) is 12.1 Å². The van der Waals surface area contributed by atoms with E-state index in [0.717, 1.165) is 43.2 Å². The molecule has 1 aromatic carbocycles. The third kappa shape index (κ3) is 18.3. The molecule has 35 heavy (non-hydrogen) atoms. The van der Waals surface area contributed by atoms with Crippen LogP contribution < -0.4 is 0 Å². The molecule has 1 aromatic rings. The second-order valence-corrected chi connectivity index (χ2v) is 11.6. The predicted octanol–water partition coefficient (Wildman–Crippen LogP) is 9.70. The molecule has 0 aromatic heterocycles. The van der Waals surface area contributed by atoms with E-state index in [-0.39, 0.29) is 45.5 Å². The van der Waals surface area contributed by atoms with Gasteiger partial charge in [-0.2, -0.15) is 8.42 Å². The summed E-state index contributed by atoms with van der Waals surface area (Å²) < 4.78 is 33.7. The average molecular weight is 537 g/mol. The maximum atomic E-state index is 12.0. The molecule has 0 aliphatic carbocycles. The molecule has 0 radical (unpaired) electrons. The van der Waals surface area contributed by atoms with Crippen molar-refractivity contribution in [1.29, 1.82) is 0 Å². The van der Waals surface area contributed by atoms with Gasteiger partial charge in [-0.25, -0.2) is 0 Å². The second-order valence-electron chi connectivity index (χ2n) is 10.2. The number of rotatable bonds is 23. The van der Waals surface area contributed by atoms with E-state index >= 15 is 0 Å². The molecule has 1 rings (SSSR count). The smallest absolute Gasteiger partial charge is 1.00 e. The molecule has 0 bridgehead atoms. The van der Waals surface area contributed by atoms with Gasteiger partial charge in [0.25, 0.3) is 10.1 Å². The van der Waals surface area contributed by atoms with Crippen LogP contribution >= 0.6 is 0 Å². The number of benzene rings is 1. The van der Waals surface area contributed by atoms with Crippen LogP contribution in [0.15, 0.2) is 23.1 Å². The summed E-state index contributed by atoms with van der Waals surface area (Å²) >= 11 is 0. The number of aryl methyl sites for hydroxylation is 1. The summed E-state index contributed by atoms with van der Waals surface area (Å²) in [7, 11) is -4.17. The van der Waals surface area contributed by atoms with Crippen LogP contribution in [0, 0.1) is 0 Å². The Hall–Kier alpha value is 0.390. The predicted molar refractivity (Wildman–Crippen MR) is 155 cm³/mol. The molecule has 202 valence electrons. The standard InChI is InChI=1S/C30H54O3S.Ca.2H/c1-3-5-7-9-11-13-15-17-19-21-24-28-25-23-27-30(34(31,32)33)29(28)26-22-20-18-16-14-12-10-8-6-4-2;;;/h23,25,27H,3-22,24,26H2,1-2H3,(H,31,32,33);;;/q;+2;2*-1. The fourth-order valence-corrected chi connectivity index (χ4v) is 5.76. The molecule has 0 heterocycles. The maximum absolute atomic E-state index is 12.0. The first kappa shape index (κ1) is 35.4. The van der Waals surface area contributed by atoms with E-state index in [1.165, 1.54) is 109 Å². The summed E-state index contributed by atoms with van der Waals surface area (Å²) in [5.41, 5.74) is 1.98. The van der Waals surface area contributed by atoms with Crippen molar-refractivity contribution < 1.29 is 15.8 Å². The Kier molecular flexibility index (Phi) is 23.8. The van der Waals surface area contributed by atoms with E-state index in [4.69, 9.17) is 0 Å². The van der Waals surface area contributed by atoms with Crippen LogP contribution in [-0.2, 0) is 23.0 Å². The Morgan fingerprint density at radius 2 is 0.971 bits per heavy atom. The van der Waals surface area contributed by atoms with Gasteiger partial charge >= 0.3 is 37.7 Å². The topological polar surface area (TPSA) is 54.4 Å². The van der Waals surface area contributed by atoms with E-state index in [0.29, 0.717) is 0 Å². The normalized spacial score (nSPS) is 11.5. The molecule has 0 amide bonds. The van der Waals surface area contributed by atoms with Gasteiger partial charge in [-0.15, -0.1) is 0 Å². The Bertz CT molecular complexity index is 730. The van der Waals surface area contributed by atoms with Gasteiger partial charge in [-0.05, 0) is 42.9 Å². The first-order valence-corrected chi connectivity index (χ1v) is 16.0. The number of hydrogen-bond donors (Lipinski definition) is 1. The molecular weight excluding hydrogens is 480 g/mol. The van der Waals surface area contributed by atoms with E-state index < -0.39 is 10.1 Å². The van der Waals surface area contributed by atoms with Crippen LogP contribution in [0.1, 0.15) is 156 Å². The van der Waals surface area contributed by atoms with E-state index in [2.05, 4.69) is 19.9 Å². The van der Waals surface area contributed by atoms with Crippen molar-refractivity contribution in [2.45, 2.75) is 160 Å². The van der Waals surface area contributed by atoms with Crippen molar-refractivity contribution >= 4 is 47.9 Å². The molecule has 3 nitrogen and oxygen atoms in total. The van der Waals surface area contributed by atoms with Crippen molar-refractivity contribution in [3.8, 4) is 0 Å². The SMILES string of the molecule is CCCCCCCCCCCCc1cccc(S(=O)(=O)O)c1CCCCCCCCCCCC.[Ca+2].[H-].[H-]. The minimum Gasteiger partial charge on any atom is -1.00 e. The van der Waals surface area contributed by atoms with Crippen molar-refractivity contribution in [3.63, 3.8) is 0 Å². The largest absolute Gasteiger partial charge is 2.00 e. The third-order valence-electron chi connectivity index (χ3n) is 7.09. The minimum absolute atomic E-state index is 0. The second kappa shape index (κ2) is 23.5.